The van der Waals surface area contributed by atoms with Crippen LogP contribution in [-0.4, -0.2) is 30.6 Å². The van der Waals surface area contributed by atoms with E-state index >= 15 is 0 Å². The Bertz CT molecular complexity index is 502. The second kappa shape index (κ2) is 7.22. The molecule has 0 aliphatic carbocycles. The quantitative estimate of drug-likeness (QED) is 0.625. The molecular formula is C15H22BrN3O2. The van der Waals surface area contributed by atoms with Crippen molar-refractivity contribution in [2.75, 3.05) is 24.5 Å². The van der Waals surface area contributed by atoms with Crippen LogP contribution in [0.4, 0.5) is 11.4 Å². The van der Waals surface area contributed by atoms with E-state index in [1.54, 1.807) is 12.1 Å². The number of nitrogens with one attached hydrogen (secondary N) is 1. The molecule has 21 heavy (non-hydrogen) atoms. The van der Waals surface area contributed by atoms with Gasteiger partial charge >= 0.3 is 0 Å². The van der Waals surface area contributed by atoms with Gasteiger partial charge in [-0.3, -0.25) is 10.1 Å². The molecule has 1 fully saturated rings. The molecule has 0 bridgehead atoms. The highest BCUT2D eigenvalue weighted by molar-refractivity contribution is 9.10. The molecule has 1 unspecified atom stereocenters. The Kier molecular flexibility index (Phi) is 5.58. The van der Waals surface area contributed by atoms with E-state index in [0.29, 0.717) is 12.0 Å². The Labute approximate surface area is 134 Å². The summed E-state index contributed by atoms with van der Waals surface area (Å²) in [6.45, 7) is 7.34. The molecular weight excluding hydrogens is 334 g/mol. The normalized spacial score (nSPS) is 18.2. The number of nitrogens with zero attached hydrogens (tertiary/aromatic N) is 2. The molecule has 0 spiro atoms. The number of rotatable bonds is 6. The SMILES string of the molecule is CC(C)CN(CC1CCCN1)c1ccc([N+](=O)[O-])cc1Br. The largest absolute Gasteiger partial charge is 0.369 e. The summed E-state index contributed by atoms with van der Waals surface area (Å²) in [6, 6.07) is 5.52. The van der Waals surface area contributed by atoms with Gasteiger partial charge in [-0.1, -0.05) is 13.8 Å². The van der Waals surface area contributed by atoms with Crippen LogP contribution in [-0.2, 0) is 0 Å². The summed E-state index contributed by atoms with van der Waals surface area (Å²) in [5.74, 6) is 0.536. The number of halogens is 1. The Morgan fingerprint density at radius 1 is 1.52 bits per heavy atom. The molecule has 1 heterocycles. The molecule has 5 nitrogen and oxygen atoms in total. The first-order valence-corrected chi connectivity index (χ1v) is 8.19. The van der Waals surface area contributed by atoms with E-state index in [2.05, 4.69) is 40.0 Å². The average molecular weight is 356 g/mol. The van der Waals surface area contributed by atoms with Crippen LogP contribution in [0.3, 0.4) is 0 Å². The third-order valence-corrected chi connectivity index (χ3v) is 4.31. The van der Waals surface area contributed by atoms with Crippen LogP contribution in [0.5, 0.6) is 0 Å². The third kappa shape index (κ3) is 4.41. The number of benzene rings is 1. The first-order valence-electron chi connectivity index (χ1n) is 7.39. The van der Waals surface area contributed by atoms with E-state index in [-0.39, 0.29) is 10.6 Å². The smallest absolute Gasteiger partial charge is 0.270 e. The van der Waals surface area contributed by atoms with Gasteiger partial charge in [-0.25, -0.2) is 0 Å². The standard InChI is InChI=1S/C15H22BrN3O2/c1-11(2)9-18(10-12-4-3-7-17-12)15-6-5-13(19(20)21)8-14(15)16/h5-6,8,11-12,17H,3-4,7,9-10H2,1-2H3. The molecule has 1 saturated heterocycles. The van der Waals surface area contributed by atoms with Gasteiger partial charge in [0.1, 0.15) is 0 Å². The van der Waals surface area contributed by atoms with Gasteiger partial charge in [0.15, 0.2) is 0 Å². The highest BCUT2D eigenvalue weighted by atomic mass is 79.9. The zero-order valence-corrected chi connectivity index (χ0v) is 14.1. The second-order valence-corrected chi connectivity index (χ2v) is 6.84. The van der Waals surface area contributed by atoms with Crippen molar-refractivity contribution in [3.63, 3.8) is 0 Å². The molecule has 0 saturated carbocycles. The minimum absolute atomic E-state index is 0.120. The van der Waals surface area contributed by atoms with E-state index in [0.717, 1.165) is 29.8 Å². The average Bonchev–Trinajstić information content (AvgIpc) is 2.90. The molecule has 1 aliphatic rings. The van der Waals surface area contributed by atoms with Crippen LogP contribution < -0.4 is 10.2 Å². The summed E-state index contributed by atoms with van der Waals surface area (Å²) in [5, 5.41) is 14.4. The van der Waals surface area contributed by atoms with E-state index in [9.17, 15) is 10.1 Å². The maximum atomic E-state index is 10.9. The monoisotopic (exact) mass is 355 g/mol. The van der Waals surface area contributed by atoms with Gasteiger partial charge in [0.2, 0.25) is 0 Å². The van der Waals surface area contributed by atoms with Crippen molar-refractivity contribution >= 4 is 27.3 Å². The Hall–Kier alpha value is -1.14. The predicted molar refractivity (Wildman–Crippen MR) is 88.9 cm³/mol. The number of nitro benzene ring substituents is 1. The molecule has 0 aromatic heterocycles. The highest BCUT2D eigenvalue weighted by Gasteiger charge is 2.21. The summed E-state index contributed by atoms with van der Waals surface area (Å²) in [6.07, 6.45) is 2.42. The number of hydrogen-bond donors (Lipinski definition) is 1. The van der Waals surface area contributed by atoms with Crippen LogP contribution >= 0.6 is 15.9 Å². The summed E-state index contributed by atoms with van der Waals surface area (Å²) in [7, 11) is 0. The molecule has 116 valence electrons. The lowest BCUT2D eigenvalue weighted by molar-refractivity contribution is -0.384. The van der Waals surface area contributed by atoms with E-state index in [1.165, 1.54) is 12.8 Å². The van der Waals surface area contributed by atoms with Crippen LogP contribution in [0.15, 0.2) is 22.7 Å². The van der Waals surface area contributed by atoms with Crippen molar-refractivity contribution in [2.45, 2.75) is 32.7 Å². The number of non-ortho nitro benzene ring substituents is 1. The lowest BCUT2D eigenvalue weighted by atomic mass is 10.1. The molecule has 1 aliphatic heterocycles. The van der Waals surface area contributed by atoms with Gasteiger partial charge in [0.05, 0.1) is 10.6 Å². The summed E-state index contributed by atoms with van der Waals surface area (Å²) >= 11 is 3.49. The number of nitro groups is 1. The first kappa shape index (κ1) is 16.2. The summed E-state index contributed by atoms with van der Waals surface area (Å²) in [5.41, 5.74) is 1.15. The van der Waals surface area contributed by atoms with Crippen molar-refractivity contribution in [1.29, 1.82) is 0 Å². The van der Waals surface area contributed by atoms with E-state index in [1.807, 2.05) is 6.07 Å². The third-order valence-electron chi connectivity index (χ3n) is 3.67. The molecule has 0 amide bonds. The first-order chi connectivity index (χ1) is 9.97. The van der Waals surface area contributed by atoms with Crippen LogP contribution in [0.25, 0.3) is 0 Å². The lowest BCUT2D eigenvalue weighted by Gasteiger charge is -2.30. The molecule has 1 aromatic carbocycles. The second-order valence-electron chi connectivity index (χ2n) is 5.98. The topological polar surface area (TPSA) is 58.4 Å². The van der Waals surface area contributed by atoms with Crippen LogP contribution in [0.2, 0.25) is 0 Å². The highest BCUT2D eigenvalue weighted by Crippen LogP contribution is 2.31. The fraction of sp³-hybridized carbons (Fsp3) is 0.600. The lowest BCUT2D eigenvalue weighted by Crippen LogP contribution is -2.39. The van der Waals surface area contributed by atoms with Crippen molar-refractivity contribution in [2.24, 2.45) is 5.92 Å². The van der Waals surface area contributed by atoms with Gasteiger partial charge in [0.25, 0.3) is 5.69 Å². The Morgan fingerprint density at radius 3 is 2.81 bits per heavy atom. The summed E-state index contributed by atoms with van der Waals surface area (Å²) < 4.78 is 0.787. The fourth-order valence-electron chi connectivity index (χ4n) is 2.76. The zero-order valence-electron chi connectivity index (χ0n) is 12.5. The molecule has 2 rings (SSSR count). The predicted octanol–water partition coefficient (Wildman–Crippen LogP) is 3.57. The number of hydrogen-bond acceptors (Lipinski definition) is 4. The maximum absolute atomic E-state index is 10.9. The minimum Gasteiger partial charge on any atom is -0.369 e. The van der Waals surface area contributed by atoms with Crippen molar-refractivity contribution in [3.05, 3.63) is 32.8 Å². The molecule has 1 aromatic rings. The number of anilines is 1. The fourth-order valence-corrected chi connectivity index (χ4v) is 3.37. The molecule has 1 atom stereocenters. The Balaban J connectivity index is 2.20. The van der Waals surface area contributed by atoms with Crippen LogP contribution in [0.1, 0.15) is 26.7 Å². The van der Waals surface area contributed by atoms with Crippen molar-refractivity contribution in [1.82, 2.24) is 5.32 Å². The Morgan fingerprint density at radius 2 is 2.29 bits per heavy atom. The van der Waals surface area contributed by atoms with Gasteiger partial charge in [-0.15, -0.1) is 0 Å². The molecule has 1 N–H and O–H groups in total. The van der Waals surface area contributed by atoms with E-state index in [4.69, 9.17) is 0 Å². The van der Waals surface area contributed by atoms with Gasteiger partial charge in [-0.2, -0.15) is 0 Å². The molecule has 6 heteroatoms. The maximum Gasteiger partial charge on any atom is 0.270 e. The van der Waals surface area contributed by atoms with Crippen molar-refractivity contribution in [3.8, 4) is 0 Å². The van der Waals surface area contributed by atoms with Crippen LogP contribution in [0, 0.1) is 16.0 Å². The van der Waals surface area contributed by atoms with E-state index < -0.39 is 0 Å². The molecule has 0 radical (unpaired) electrons. The minimum atomic E-state index is -0.361. The zero-order chi connectivity index (χ0) is 15.4. The summed E-state index contributed by atoms with van der Waals surface area (Å²) in [4.78, 5) is 12.8. The van der Waals surface area contributed by atoms with Crippen molar-refractivity contribution < 1.29 is 4.92 Å². The van der Waals surface area contributed by atoms with Gasteiger partial charge in [-0.05, 0) is 47.3 Å². The van der Waals surface area contributed by atoms with Gasteiger partial charge in [0, 0.05) is 35.7 Å². The van der Waals surface area contributed by atoms with Gasteiger partial charge < -0.3 is 10.2 Å².